The van der Waals surface area contributed by atoms with Crippen molar-refractivity contribution < 1.29 is 9.47 Å². The first-order valence-corrected chi connectivity index (χ1v) is 6.05. The number of hydrogen-bond acceptors (Lipinski definition) is 3. The average Bonchev–Trinajstić information content (AvgIpc) is 2.47. The topological polar surface area (TPSA) is 42.2 Å². The van der Waals surface area contributed by atoms with Crippen molar-refractivity contribution in [1.29, 1.82) is 5.26 Å². The van der Waals surface area contributed by atoms with Gasteiger partial charge < -0.3 is 9.47 Å². The minimum absolute atomic E-state index is 0.394. The highest BCUT2D eigenvalue weighted by atomic mass is 16.7. The molecule has 92 valence electrons. The van der Waals surface area contributed by atoms with E-state index in [1.807, 2.05) is 18.2 Å². The Hall–Kier alpha value is -1.81. The molecule has 1 aliphatic heterocycles. The molecule has 0 N–H and O–H groups in total. The molecule has 1 aromatic carbocycles. The summed E-state index contributed by atoms with van der Waals surface area (Å²) in [5.41, 5.74) is -0.687. The summed E-state index contributed by atoms with van der Waals surface area (Å²) >= 11 is 0. The highest BCUT2D eigenvalue weighted by Gasteiger charge is 2.35. The molecule has 2 rings (SSSR count). The van der Waals surface area contributed by atoms with Crippen LogP contribution in [0.3, 0.4) is 0 Å². The van der Waals surface area contributed by atoms with Crippen molar-refractivity contribution in [3.63, 3.8) is 0 Å². The van der Waals surface area contributed by atoms with Crippen molar-refractivity contribution in [3.8, 4) is 18.4 Å². The smallest absolute Gasteiger partial charge is 0.243 e. The summed E-state index contributed by atoms with van der Waals surface area (Å²) in [5, 5.41) is 9.39. The molecule has 1 aromatic rings. The number of nitriles is 1. The Kier molecular flexibility index (Phi) is 3.99. The third-order valence-corrected chi connectivity index (χ3v) is 2.99. The second kappa shape index (κ2) is 5.69. The lowest BCUT2D eigenvalue weighted by atomic mass is 9.96. The van der Waals surface area contributed by atoms with Crippen LogP contribution >= 0.6 is 0 Å². The molecular formula is C15H15NO2. The predicted octanol–water partition coefficient (Wildman–Crippen LogP) is 2.58. The predicted molar refractivity (Wildman–Crippen MR) is 67.2 cm³/mol. The van der Waals surface area contributed by atoms with Crippen molar-refractivity contribution in [1.82, 2.24) is 0 Å². The van der Waals surface area contributed by atoms with E-state index in [1.165, 1.54) is 0 Å². The normalized spacial score (nSPS) is 22.4. The summed E-state index contributed by atoms with van der Waals surface area (Å²) in [7, 11) is 0. The molecule has 0 aliphatic carbocycles. The molecule has 0 spiro atoms. The molecule has 18 heavy (non-hydrogen) atoms. The molecule has 1 aliphatic rings. The Bertz CT molecular complexity index is 450. The molecule has 2 unspecified atom stereocenters. The van der Waals surface area contributed by atoms with Crippen LogP contribution in [0.15, 0.2) is 30.3 Å². The molecule has 1 saturated heterocycles. The highest BCUT2D eigenvalue weighted by molar-refractivity contribution is 5.38. The lowest BCUT2D eigenvalue weighted by Crippen LogP contribution is -2.34. The van der Waals surface area contributed by atoms with Gasteiger partial charge in [-0.25, -0.2) is 0 Å². The van der Waals surface area contributed by atoms with E-state index >= 15 is 0 Å². The van der Waals surface area contributed by atoms with Crippen LogP contribution in [0.5, 0.6) is 0 Å². The van der Waals surface area contributed by atoms with Gasteiger partial charge in [0.05, 0.1) is 0 Å². The maximum absolute atomic E-state index is 9.39. The van der Waals surface area contributed by atoms with E-state index in [9.17, 15) is 5.26 Å². The second-order valence-corrected chi connectivity index (χ2v) is 4.22. The Morgan fingerprint density at radius 3 is 2.67 bits per heavy atom. The van der Waals surface area contributed by atoms with Crippen molar-refractivity contribution in [2.45, 2.75) is 31.2 Å². The zero-order valence-corrected chi connectivity index (χ0v) is 10.1. The SMILES string of the molecule is C#CC(C#N)(OC1CCCCO1)c1ccccc1. The summed E-state index contributed by atoms with van der Waals surface area (Å²) in [6, 6.07) is 11.2. The minimum atomic E-state index is -1.36. The quantitative estimate of drug-likeness (QED) is 0.764. The van der Waals surface area contributed by atoms with Crippen molar-refractivity contribution in [2.75, 3.05) is 6.61 Å². The van der Waals surface area contributed by atoms with Gasteiger partial charge in [-0.1, -0.05) is 36.3 Å². The summed E-state index contributed by atoms with van der Waals surface area (Å²) in [6.45, 7) is 0.658. The third kappa shape index (κ3) is 2.54. The van der Waals surface area contributed by atoms with Crippen LogP contribution in [-0.2, 0) is 15.1 Å². The number of rotatable bonds is 3. The Balaban J connectivity index is 2.22. The Morgan fingerprint density at radius 1 is 1.33 bits per heavy atom. The third-order valence-electron chi connectivity index (χ3n) is 2.99. The average molecular weight is 241 g/mol. The lowest BCUT2D eigenvalue weighted by Gasteiger charge is -2.30. The maximum Gasteiger partial charge on any atom is 0.243 e. The number of hydrogen-bond donors (Lipinski definition) is 0. The fourth-order valence-corrected chi connectivity index (χ4v) is 1.98. The molecular weight excluding hydrogens is 226 g/mol. The zero-order chi connectivity index (χ0) is 12.8. The van der Waals surface area contributed by atoms with E-state index in [-0.39, 0.29) is 0 Å². The first kappa shape index (κ1) is 12.6. The largest absolute Gasteiger partial charge is 0.353 e. The van der Waals surface area contributed by atoms with Gasteiger partial charge in [-0.3, -0.25) is 0 Å². The summed E-state index contributed by atoms with van der Waals surface area (Å²) < 4.78 is 11.2. The molecule has 3 heteroatoms. The van der Waals surface area contributed by atoms with Crippen molar-refractivity contribution >= 4 is 0 Å². The van der Waals surface area contributed by atoms with Crippen molar-refractivity contribution in [3.05, 3.63) is 35.9 Å². The molecule has 1 heterocycles. The molecule has 2 atom stereocenters. The first-order valence-electron chi connectivity index (χ1n) is 6.05. The lowest BCUT2D eigenvalue weighted by molar-refractivity contribution is -0.196. The monoisotopic (exact) mass is 241 g/mol. The van der Waals surface area contributed by atoms with E-state index in [2.05, 4.69) is 12.0 Å². The van der Waals surface area contributed by atoms with Gasteiger partial charge in [-0.2, -0.15) is 5.26 Å². The van der Waals surface area contributed by atoms with Gasteiger partial charge in [0.25, 0.3) is 0 Å². The molecule has 3 nitrogen and oxygen atoms in total. The van der Waals surface area contributed by atoms with Gasteiger partial charge in [-0.15, -0.1) is 6.42 Å². The van der Waals surface area contributed by atoms with Crippen LogP contribution < -0.4 is 0 Å². The summed E-state index contributed by atoms with van der Waals surface area (Å²) in [5.74, 6) is 2.47. The van der Waals surface area contributed by atoms with Crippen LogP contribution in [-0.4, -0.2) is 12.9 Å². The molecule has 0 saturated carbocycles. The first-order chi connectivity index (χ1) is 8.80. The van der Waals surface area contributed by atoms with Gasteiger partial charge in [-0.05, 0) is 19.3 Å². The number of nitrogens with zero attached hydrogens (tertiary/aromatic N) is 1. The van der Waals surface area contributed by atoms with Crippen LogP contribution in [0.25, 0.3) is 0 Å². The molecule has 0 radical (unpaired) electrons. The van der Waals surface area contributed by atoms with Gasteiger partial charge >= 0.3 is 0 Å². The van der Waals surface area contributed by atoms with Crippen LogP contribution in [0.2, 0.25) is 0 Å². The van der Waals surface area contributed by atoms with E-state index in [4.69, 9.17) is 15.9 Å². The highest BCUT2D eigenvalue weighted by Crippen LogP contribution is 2.29. The van der Waals surface area contributed by atoms with Crippen LogP contribution in [0.1, 0.15) is 24.8 Å². The van der Waals surface area contributed by atoms with Crippen LogP contribution in [0.4, 0.5) is 0 Å². The number of ether oxygens (including phenoxy) is 2. The van der Waals surface area contributed by atoms with E-state index in [0.717, 1.165) is 19.3 Å². The zero-order valence-electron chi connectivity index (χ0n) is 10.1. The molecule has 0 aromatic heterocycles. The van der Waals surface area contributed by atoms with E-state index < -0.39 is 11.9 Å². The standard InChI is InChI=1S/C15H15NO2/c1-2-15(12-16,13-8-4-3-5-9-13)18-14-10-6-7-11-17-14/h1,3-5,8-9,14H,6-7,10-11H2. The van der Waals surface area contributed by atoms with Gasteiger partial charge in [0.2, 0.25) is 5.60 Å². The molecule has 0 bridgehead atoms. The summed E-state index contributed by atoms with van der Waals surface area (Å²) in [4.78, 5) is 0. The second-order valence-electron chi connectivity index (χ2n) is 4.22. The summed E-state index contributed by atoms with van der Waals surface area (Å²) in [6.07, 6.45) is 7.96. The fourth-order valence-electron chi connectivity index (χ4n) is 1.98. The number of terminal acetylenes is 1. The Morgan fingerprint density at radius 2 is 2.11 bits per heavy atom. The Labute approximate surface area is 107 Å². The fraction of sp³-hybridized carbons (Fsp3) is 0.400. The van der Waals surface area contributed by atoms with Gasteiger partial charge in [0.15, 0.2) is 6.29 Å². The maximum atomic E-state index is 9.39. The van der Waals surface area contributed by atoms with Gasteiger partial charge in [0.1, 0.15) is 6.07 Å². The molecule has 1 fully saturated rings. The number of benzene rings is 1. The van der Waals surface area contributed by atoms with Crippen LogP contribution in [0, 0.1) is 23.7 Å². The van der Waals surface area contributed by atoms with Crippen molar-refractivity contribution in [2.24, 2.45) is 0 Å². The van der Waals surface area contributed by atoms with E-state index in [0.29, 0.717) is 12.2 Å². The molecule has 0 amide bonds. The van der Waals surface area contributed by atoms with E-state index in [1.54, 1.807) is 12.1 Å². The van der Waals surface area contributed by atoms with Gasteiger partial charge in [0, 0.05) is 12.2 Å². The minimum Gasteiger partial charge on any atom is -0.353 e.